The summed E-state index contributed by atoms with van der Waals surface area (Å²) in [5.41, 5.74) is 0.446. The Labute approximate surface area is 238 Å². The third-order valence-corrected chi connectivity index (χ3v) is 6.35. The zero-order chi connectivity index (χ0) is 30.6. The summed E-state index contributed by atoms with van der Waals surface area (Å²) >= 11 is 0. The molecule has 41 heavy (non-hydrogen) atoms. The molecular weight excluding hydrogens is 539 g/mol. The van der Waals surface area contributed by atoms with E-state index in [4.69, 9.17) is 0 Å². The van der Waals surface area contributed by atoms with E-state index in [1.165, 1.54) is 18.2 Å². The van der Waals surface area contributed by atoms with E-state index in [0.29, 0.717) is 18.5 Å². The predicted molar refractivity (Wildman–Crippen MR) is 149 cm³/mol. The van der Waals surface area contributed by atoms with Crippen LogP contribution in [0.4, 0.5) is 13.2 Å². The number of alkyl halides is 3. The highest BCUT2D eigenvalue weighted by Crippen LogP contribution is 2.29. The first kappa shape index (κ1) is 33.5. The lowest BCUT2D eigenvalue weighted by Crippen LogP contribution is -2.54. The molecule has 0 bridgehead atoms. The normalized spacial score (nSPS) is 14.8. The average Bonchev–Trinajstić information content (AvgIpc) is 2.93. The first-order valence-electron chi connectivity index (χ1n) is 13.4. The minimum atomic E-state index is -4.48. The Bertz CT molecular complexity index is 1150. The smallest absolute Gasteiger partial charge is 0.394 e. The van der Waals surface area contributed by atoms with Gasteiger partial charge in [-0.05, 0) is 48.1 Å². The highest BCUT2D eigenvalue weighted by molar-refractivity contribution is 5.95. The zero-order valence-corrected chi connectivity index (χ0v) is 23.3. The fourth-order valence-corrected chi connectivity index (χ4v) is 4.07. The summed E-state index contributed by atoms with van der Waals surface area (Å²) in [4.78, 5) is 37.8. The van der Waals surface area contributed by atoms with Crippen LogP contribution < -0.4 is 16.0 Å². The van der Waals surface area contributed by atoms with Crippen molar-refractivity contribution >= 4 is 23.8 Å². The summed E-state index contributed by atoms with van der Waals surface area (Å²) in [5, 5.41) is 28.5. The van der Waals surface area contributed by atoms with Crippen molar-refractivity contribution in [3.8, 4) is 0 Å². The van der Waals surface area contributed by atoms with Crippen LogP contribution in [0, 0.1) is 11.8 Å². The molecule has 0 aliphatic carbocycles. The molecule has 2 rings (SSSR count). The van der Waals surface area contributed by atoms with Gasteiger partial charge in [-0.25, -0.2) is 0 Å². The molecule has 0 aliphatic heterocycles. The van der Waals surface area contributed by atoms with Gasteiger partial charge in [0.2, 0.25) is 17.7 Å². The van der Waals surface area contributed by atoms with Crippen LogP contribution in [0.1, 0.15) is 50.3 Å². The Morgan fingerprint density at radius 2 is 1.54 bits per heavy atom. The molecule has 11 heteroatoms. The summed E-state index contributed by atoms with van der Waals surface area (Å²) in [6.07, 6.45) is -2.79. The van der Waals surface area contributed by atoms with Gasteiger partial charge in [0.05, 0.1) is 24.3 Å². The van der Waals surface area contributed by atoms with Gasteiger partial charge in [0.25, 0.3) is 0 Å². The lowest BCUT2D eigenvalue weighted by atomic mass is 9.92. The molecule has 0 aromatic heterocycles. The number of carbonyl (C=O) groups excluding carboxylic acids is 3. The van der Waals surface area contributed by atoms with Crippen LogP contribution in [0.15, 0.2) is 60.7 Å². The van der Waals surface area contributed by atoms with Crippen molar-refractivity contribution < 1.29 is 37.8 Å². The van der Waals surface area contributed by atoms with Gasteiger partial charge in [-0.15, -0.1) is 0 Å². The zero-order valence-electron chi connectivity index (χ0n) is 23.3. The van der Waals surface area contributed by atoms with E-state index < -0.39 is 54.3 Å². The van der Waals surface area contributed by atoms with Gasteiger partial charge in [0, 0.05) is 18.5 Å². The van der Waals surface area contributed by atoms with Crippen molar-refractivity contribution in [3.63, 3.8) is 0 Å². The Balaban J connectivity index is 1.95. The molecule has 0 radical (unpaired) electrons. The van der Waals surface area contributed by atoms with Gasteiger partial charge in [-0.1, -0.05) is 63.2 Å². The van der Waals surface area contributed by atoms with Gasteiger partial charge in [0.15, 0.2) is 0 Å². The molecule has 0 aliphatic rings. The third kappa shape index (κ3) is 11.7. The number of aliphatic hydroxyl groups is 2. The van der Waals surface area contributed by atoms with E-state index in [2.05, 4.69) is 16.0 Å². The predicted octanol–water partition coefficient (Wildman–Crippen LogP) is 3.43. The molecule has 8 nitrogen and oxygen atoms in total. The Morgan fingerprint density at radius 3 is 2.10 bits per heavy atom. The van der Waals surface area contributed by atoms with Crippen LogP contribution in [-0.2, 0) is 27.1 Å². The molecule has 0 heterocycles. The second kappa shape index (κ2) is 15.9. The molecule has 0 fully saturated rings. The lowest BCUT2D eigenvalue weighted by Gasteiger charge is -2.29. The van der Waals surface area contributed by atoms with Crippen LogP contribution in [0.3, 0.4) is 0 Å². The van der Waals surface area contributed by atoms with Crippen LogP contribution >= 0.6 is 0 Å². The van der Waals surface area contributed by atoms with Crippen molar-refractivity contribution in [2.75, 3.05) is 6.61 Å². The summed E-state index contributed by atoms with van der Waals surface area (Å²) < 4.78 is 38.1. The molecule has 0 unspecified atom stereocenters. The third-order valence-electron chi connectivity index (χ3n) is 6.35. The fraction of sp³-hybridized carbons (Fsp3) is 0.433. The highest BCUT2D eigenvalue weighted by atomic mass is 19.4. The van der Waals surface area contributed by atoms with Crippen molar-refractivity contribution in [1.29, 1.82) is 0 Å². The van der Waals surface area contributed by atoms with E-state index in [0.717, 1.165) is 23.8 Å². The second-order valence-electron chi connectivity index (χ2n) is 10.3. The Morgan fingerprint density at radius 1 is 0.902 bits per heavy atom. The SMILES string of the molecule is CC(C)C[C@H](NC(=O)[C@H](CO)NC(=O)/C=C/c1ccc(C(F)(F)F)cc1)[C@@H](O)C[C@@H](C)C(=O)NCc1ccccc1. The van der Waals surface area contributed by atoms with Crippen molar-refractivity contribution in [3.05, 3.63) is 77.4 Å². The number of amides is 3. The second-order valence-corrected chi connectivity index (χ2v) is 10.3. The molecule has 5 N–H and O–H groups in total. The maximum Gasteiger partial charge on any atom is 0.416 e. The fourth-order valence-electron chi connectivity index (χ4n) is 4.07. The largest absolute Gasteiger partial charge is 0.416 e. The van der Waals surface area contributed by atoms with Crippen LogP contribution in [0.25, 0.3) is 6.08 Å². The monoisotopic (exact) mass is 577 g/mol. The summed E-state index contributed by atoms with van der Waals surface area (Å²) in [6, 6.07) is 11.5. The standard InChI is InChI=1S/C30H38F3N3O5/c1-19(2)15-24(26(38)16-20(3)28(40)34-17-22-7-5-4-6-8-22)36-29(41)25(18-37)35-27(39)14-11-21-9-12-23(13-10-21)30(31,32)33/h4-14,19-20,24-26,37-38H,15-18H2,1-3H3,(H,34,40)(H,35,39)(H,36,41)/b14-11+/t20-,24+,25+,26+/m1/s1. The van der Waals surface area contributed by atoms with Gasteiger partial charge in [0.1, 0.15) is 6.04 Å². The maximum absolute atomic E-state index is 12.9. The van der Waals surface area contributed by atoms with E-state index in [1.54, 1.807) is 6.92 Å². The number of benzene rings is 2. The number of hydrogen-bond acceptors (Lipinski definition) is 5. The highest BCUT2D eigenvalue weighted by Gasteiger charge is 2.30. The number of hydrogen-bond donors (Lipinski definition) is 5. The Hall–Kier alpha value is -3.70. The number of halogens is 3. The Kier molecular flexibility index (Phi) is 13.0. The van der Waals surface area contributed by atoms with E-state index >= 15 is 0 Å². The molecule has 2 aromatic carbocycles. The quantitative estimate of drug-likeness (QED) is 0.220. The lowest BCUT2D eigenvalue weighted by molar-refractivity contribution is -0.137. The molecular formula is C30H38F3N3O5. The minimum Gasteiger partial charge on any atom is -0.394 e. The summed E-state index contributed by atoms with van der Waals surface area (Å²) in [7, 11) is 0. The van der Waals surface area contributed by atoms with Gasteiger partial charge < -0.3 is 26.2 Å². The number of rotatable bonds is 14. The van der Waals surface area contributed by atoms with Gasteiger partial charge in [-0.2, -0.15) is 13.2 Å². The molecule has 4 atom stereocenters. The van der Waals surface area contributed by atoms with Crippen molar-refractivity contribution in [2.24, 2.45) is 11.8 Å². The first-order chi connectivity index (χ1) is 19.3. The topological polar surface area (TPSA) is 128 Å². The summed E-state index contributed by atoms with van der Waals surface area (Å²) in [6.45, 7) is 5.10. The first-order valence-corrected chi connectivity index (χ1v) is 13.4. The van der Waals surface area contributed by atoms with Crippen LogP contribution in [-0.4, -0.2) is 52.7 Å². The van der Waals surface area contributed by atoms with Crippen LogP contribution in [0.5, 0.6) is 0 Å². The number of nitrogens with one attached hydrogen (secondary N) is 3. The number of aliphatic hydroxyl groups excluding tert-OH is 2. The maximum atomic E-state index is 12.9. The molecule has 3 amide bonds. The molecule has 0 saturated heterocycles. The molecule has 2 aromatic rings. The van der Waals surface area contributed by atoms with Gasteiger partial charge >= 0.3 is 6.18 Å². The van der Waals surface area contributed by atoms with Crippen molar-refractivity contribution in [2.45, 2.75) is 64.5 Å². The van der Waals surface area contributed by atoms with E-state index in [9.17, 15) is 37.8 Å². The summed E-state index contributed by atoms with van der Waals surface area (Å²) in [5.74, 6) is -2.20. The minimum absolute atomic E-state index is 0.0737. The van der Waals surface area contributed by atoms with Crippen LogP contribution in [0.2, 0.25) is 0 Å². The van der Waals surface area contributed by atoms with E-state index in [1.807, 2.05) is 44.2 Å². The van der Waals surface area contributed by atoms with E-state index in [-0.39, 0.29) is 18.2 Å². The molecule has 224 valence electrons. The van der Waals surface area contributed by atoms with Gasteiger partial charge in [-0.3, -0.25) is 14.4 Å². The number of carbonyl (C=O) groups is 3. The van der Waals surface area contributed by atoms with Crippen molar-refractivity contribution in [1.82, 2.24) is 16.0 Å². The molecule has 0 spiro atoms. The molecule has 0 saturated carbocycles. The average molecular weight is 578 g/mol.